The SMILES string of the molecule is NC(=O)c1ccc(C2CC2)nc1C(=O)N1CCC1. The van der Waals surface area contributed by atoms with Gasteiger partial charge in [-0.05, 0) is 31.4 Å². The number of likely N-dealkylation sites (tertiary alicyclic amines) is 1. The highest BCUT2D eigenvalue weighted by Crippen LogP contribution is 2.39. The molecule has 1 saturated carbocycles. The van der Waals surface area contributed by atoms with Gasteiger partial charge < -0.3 is 10.6 Å². The maximum atomic E-state index is 12.2. The van der Waals surface area contributed by atoms with Crippen LogP contribution in [0.4, 0.5) is 0 Å². The molecule has 3 rings (SSSR count). The Morgan fingerprint density at radius 3 is 2.50 bits per heavy atom. The van der Waals surface area contributed by atoms with Gasteiger partial charge in [-0.1, -0.05) is 0 Å². The fourth-order valence-electron chi connectivity index (χ4n) is 2.11. The van der Waals surface area contributed by atoms with Crippen molar-refractivity contribution < 1.29 is 9.59 Å². The topological polar surface area (TPSA) is 76.3 Å². The van der Waals surface area contributed by atoms with Crippen molar-refractivity contribution in [3.8, 4) is 0 Å². The summed E-state index contributed by atoms with van der Waals surface area (Å²) >= 11 is 0. The molecule has 0 aromatic carbocycles. The molecule has 0 bridgehead atoms. The van der Waals surface area contributed by atoms with Crippen molar-refractivity contribution in [1.29, 1.82) is 0 Å². The van der Waals surface area contributed by atoms with Gasteiger partial charge in [0.1, 0.15) is 5.69 Å². The Labute approximate surface area is 105 Å². The molecule has 0 radical (unpaired) electrons. The normalized spacial score (nSPS) is 18.3. The van der Waals surface area contributed by atoms with E-state index in [-0.39, 0.29) is 17.2 Å². The lowest BCUT2D eigenvalue weighted by Crippen LogP contribution is -2.43. The largest absolute Gasteiger partial charge is 0.366 e. The van der Waals surface area contributed by atoms with Crippen LogP contribution >= 0.6 is 0 Å². The molecule has 1 saturated heterocycles. The molecule has 0 unspecified atom stereocenters. The highest BCUT2D eigenvalue weighted by molar-refractivity contribution is 6.05. The van der Waals surface area contributed by atoms with E-state index in [0.717, 1.165) is 38.0 Å². The molecule has 1 aliphatic heterocycles. The maximum absolute atomic E-state index is 12.2. The lowest BCUT2D eigenvalue weighted by molar-refractivity contribution is 0.0641. The van der Waals surface area contributed by atoms with Gasteiger partial charge in [0.25, 0.3) is 11.8 Å². The number of nitrogens with two attached hydrogens (primary N) is 1. The van der Waals surface area contributed by atoms with Crippen LogP contribution in [0, 0.1) is 0 Å². The second-order valence-corrected chi connectivity index (χ2v) is 4.92. The minimum atomic E-state index is -0.589. The fourth-order valence-corrected chi connectivity index (χ4v) is 2.11. The molecule has 2 aliphatic rings. The van der Waals surface area contributed by atoms with E-state index in [1.807, 2.05) is 6.07 Å². The highest BCUT2D eigenvalue weighted by atomic mass is 16.2. The average Bonchev–Trinajstić information content (AvgIpc) is 3.09. The summed E-state index contributed by atoms with van der Waals surface area (Å²) in [5.74, 6) is -0.305. The first kappa shape index (κ1) is 11.2. The Morgan fingerprint density at radius 2 is 2.00 bits per heavy atom. The molecule has 1 aromatic heterocycles. The van der Waals surface area contributed by atoms with Gasteiger partial charge in [-0.25, -0.2) is 4.98 Å². The molecule has 5 heteroatoms. The van der Waals surface area contributed by atoms with Gasteiger partial charge in [-0.3, -0.25) is 9.59 Å². The molecule has 0 atom stereocenters. The van der Waals surface area contributed by atoms with Crippen molar-refractivity contribution in [3.05, 3.63) is 29.1 Å². The number of nitrogens with zero attached hydrogens (tertiary/aromatic N) is 2. The molecule has 1 aliphatic carbocycles. The molecule has 2 amide bonds. The third kappa shape index (κ3) is 1.85. The van der Waals surface area contributed by atoms with Crippen molar-refractivity contribution in [1.82, 2.24) is 9.88 Å². The highest BCUT2D eigenvalue weighted by Gasteiger charge is 2.30. The van der Waals surface area contributed by atoms with Crippen LogP contribution in [-0.2, 0) is 0 Å². The second kappa shape index (κ2) is 4.08. The van der Waals surface area contributed by atoms with Crippen LogP contribution in [0.25, 0.3) is 0 Å². The number of carbonyl (C=O) groups is 2. The molecule has 1 aromatic rings. The van der Waals surface area contributed by atoms with Gasteiger partial charge in [0.15, 0.2) is 0 Å². The van der Waals surface area contributed by atoms with E-state index in [9.17, 15) is 9.59 Å². The zero-order chi connectivity index (χ0) is 12.7. The molecule has 0 spiro atoms. The van der Waals surface area contributed by atoms with Gasteiger partial charge in [0.05, 0.1) is 5.56 Å². The number of carbonyl (C=O) groups excluding carboxylic acids is 2. The third-order valence-electron chi connectivity index (χ3n) is 3.52. The predicted octanol–water partition coefficient (Wildman–Crippen LogP) is 0.904. The first-order chi connectivity index (χ1) is 8.66. The van der Waals surface area contributed by atoms with Crippen molar-refractivity contribution in [2.24, 2.45) is 5.73 Å². The summed E-state index contributed by atoms with van der Waals surface area (Å²) in [5, 5.41) is 0. The Balaban J connectivity index is 1.99. The zero-order valence-corrected chi connectivity index (χ0v) is 10.1. The molecule has 2 N–H and O–H groups in total. The van der Waals surface area contributed by atoms with Gasteiger partial charge in [0.2, 0.25) is 0 Å². The molecule has 2 heterocycles. The lowest BCUT2D eigenvalue weighted by atomic mass is 10.1. The van der Waals surface area contributed by atoms with Crippen LogP contribution in [-0.4, -0.2) is 34.8 Å². The van der Waals surface area contributed by atoms with E-state index >= 15 is 0 Å². The summed E-state index contributed by atoms with van der Waals surface area (Å²) in [7, 11) is 0. The molecular formula is C13H15N3O2. The number of aromatic nitrogens is 1. The summed E-state index contributed by atoms with van der Waals surface area (Å²) < 4.78 is 0. The number of rotatable bonds is 3. The smallest absolute Gasteiger partial charge is 0.273 e. The number of amides is 2. The summed E-state index contributed by atoms with van der Waals surface area (Å²) in [4.78, 5) is 29.6. The van der Waals surface area contributed by atoms with Crippen LogP contribution in [0.15, 0.2) is 12.1 Å². The average molecular weight is 245 g/mol. The van der Waals surface area contributed by atoms with E-state index < -0.39 is 5.91 Å². The minimum absolute atomic E-state index is 0.169. The van der Waals surface area contributed by atoms with Crippen molar-refractivity contribution in [2.45, 2.75) is 25.2 Å². The van der Waals surface area contributed by atoms with E-state index in [4.69, 9.17) is 5.73 Å². The van der Waals surface area contributed by atoms with Crippen LogP contribution in [0.2, 0.25) is 0 Å². The predicted molar refractivity (Wildman–Crippen MR) is 65.3 cm³/mol. The Morgan fingerprint density at radius 1 is 1.28 bits per heavy atom. The van der Waals surface area contributed by atoms with Crippen LogP contribution in [0.5, 0.6) is 0 Å². The minimum Gasteiger partial charge on any atom is -0.366 e. The zero-order valence-electron chi connectivity index (χ0n) is 10.1. The lowest BCUT2D eigenvalue weighted by Gasteiger charge is -2.31. The Hall–Kier alpha value is -1.91. The van der Waals surface area contributed by atoms with Gasteiger partial charge >= 0.3 is 0 Å². The van der Waals surface area contributed by atoms with Gasteiger partial charge in [-0.15, -0.1) is 0 Å². The fraction of sp³-hybridized carbons (Fsp3) is 0.462. The molecular weight excluding hydrogens is 230 g/mol. The van der Waals surface area contributed by atoms with Crippen LogP contribution in [0.3, 0.4) is 0 Å². The quantitative estimate of drug-likeness (QED) is 0.859. The van der Waals surface area contributed by atoms with Crippen molar-refractivity contribution >= 4 is 11.8 Å². The summed E-state index contributed by atoms with van der Waals surface area (Å²) in [6.45, 7) is 1.48. The van der Waals surface area contributed by atoms with Crippen LogP contribution in [0.1, 0.15) is 51.7 Å². The van der Waals surface area contributed by atoms with E-state index in [2.05, 4.69) is 4.98 Å². The summed E-state index contributed by atoms with van der Waals surface area (Å²) in [5.41, 5.74) is 6.67. The molecule has 18 heavy (non-hydrogen) atoms. The molecule has 2 fully saturated rings. The monoisotopic (exact) mass is 245 g/mol. The number of pyridine rings is 1. The first-order valence-corrected chi connectivity index (χ1v) is 6.27. The number of hydrogen-bond acceptors (Lipinski definition) is 3. The van der Waals surface area contributed by atoms with Crippen LogP contribution < -0.4 is 5.73 Å². The standard InChI is InChI=1S/C13H15N3O2/c14-12(17)9-4-5-10(8-2-3-8)15-11(9)13(18)16-6-1-7-16/h4-5,8H,1-3,6-7H2,(H2,14,17). The van der Waals surface area contributed by atoms with Gasteiger partial charge in [0, 0.05) is 24.7 Å². The molecule has 5 nitrogen and oxygen atoms in total. The van der Waals surface area contributed by atoms with E-state index in [0.29, 0.717) is 5.92 Å². The summed E-state index contributed by atoms with van der Waals surface area (Å²) in [6.07, 6.45) is 3.24. The van der Waals surface area contributed by atoms with E-state index in [1.54, 1.807) is 11.0 Å². The first-order valence-electron chi connectivity index (χ1n) is 6.27. The van der Waals surface area contributed by atoms with E-state index in [1.165, 1.54) is 0 Å². The Bertz CT molecular complexity index is 519. The maximum Gasteiger partial charge on any atom is 0.273 e. The Kier molecular flexibility index (Phi) is 2.54. The number of hydrogen-bond donors (Lipinski definition) is 1. The molecule has 94 valence electrons. The van der Waals surface area contributed by atoms with Gasteiger partial charge in [-0.2, -0.15) is 0 Å². The summed E-state index contributed by atoms with van der Waals surface area (Å²) in [6, 6.07) is 3.45. The second-order valence-electron chi connectivity index (χ2n) is 4.92. The van der Waals surface area contributed by atoms with Crippen molar-refractivity contribution in [3.63, 3.8) is 0 Å². The number of primary amides is 1. The third-order valence-corrected chi connectivity index (χ3v) is 3.52. The van der Waals surface area contributed by atoms with Crippen molar-refractivity contribution in [2.75, 3.05) is 13.1 Å².